The van der Waals surface area contributed by atoms with E-state index in [1.807, 2.05) is 24.3 Å². The van der Waals surface area contributed by atoms with Gasteiger partial charge in [0.2, 0.25) is 0 Å². The summed E-state index contributed by atoms with van der Waals surface area (Å²) in [6.45, 7) is 0. The van der Waals surface area contributed by atoms with Crippen LogP contribution in [0.3, 0.4) is 0 Å². The second-order valence-corrected chi connectivity index (χ2v) is 9.51. The van der Waals surface area contributed by atoms with Gasteiger partial charge in [0.25, 0.3) is 15.9 Å². The Morgan fingerprint density at radius 3 is 2.72 bits per heavy atom. The zero-order chi connectivity index (χ0) is 21.0. The third kappa shape index (κ3) is 5.20. The topological polar surface area (TPSA) is 88.6 Å². The molecule has 152 valence electrons. The SMILES string of the molecule is CON(C)S(=O)(=O)c1cccc(C(=O)Nc2ncc(Cc3cccc(Cl)c3)s2)c1. The number of nitrogens with zero attached hydrogens (tertiary/aromatic N) is 2. The lowest BCUT2D eigenvalue weighted by Crippen LogP contribution is -2.26. The average molecular weight is 452 g/mol. The summed E-state index contributed by atoms with van der Waals surface area (Å²) in [4.78, 5) is 22.4. The maximum atomic E-state index is 12.5. The summed E-state index contributed by atoms with van der Waals surface area (Å²) >= 11 is 7.35. The Bertz CT molecular complexity index is 1130. The van der Waals surface area contributed by atoms with E-state index in [-0.39, 0.29) is 10.5 Å². The van der Waals surface area contributed by atoms with Gasteiger partial charge < -0.3 is 0 Å². The van der Waals surface area contributed by atoms with Gasteiger partial charge in [-0.25, -0.2) is 13.4 Å². The lowest BCUT2D eigenvalue weighted by atomic mass is 10.1. The van der Waals surface area contributed by atoms with E-state index in [0.717, 1.165) is 14.9 Å². The molecular weight excluding hydrogens is 434 g/mol. The molecule has 10 heteroatoms. The number of hydrogen-bond donors (Lipinski definition) is 1. The predicted octanol–water partition coefficient (Wildman–Crippen LogP) is 3.82. The molecule has 7 nitrogen and oxygen atoms in total. The van der Waals surface area contributed by atoms with Crippen molar-refractivity contribution in [2.45, 2.75) is 11.3 Å². The first-order valence-electron chi connectivity index (χ1n) is 8.43. The van der Waals surface area contributed by atoms with Gasteiger partial charge in [-0.05, 0) is 35.9 Å². The first-order chi connectivity index (χ1) is 13.8. The molecule has 0 spiro atoms. The van der Waals surface area contributed by atoms with Gasteiger partial charge in [-0.1, -0.05) is 34.3 Å². The van der Waals surface area contributed by atoms with Crippen molar-refractivity contribution in [3.63, 3.8) is 0 Å². The minimum absolute atomic E-state index is 0.0460. The number of carbonyl (C=O) groups is 1. The molecule has 0 aliphatic carbocycles. The molecule has 1 heterocycles. The van der Waals surface area contributed by atoms with Crippen LogP contribution in [0.5, 0.6) is 0 Å². The molecule has 29 heavy (non-hydrogen) atoms. The van der Waals surface area contributed by atoms with Crippen molar-refractivity contribution >= 4 is 44.0 Å². The summed E-state index contributed by atoms with van der Waals surface area (Å²) in [5, 5.41) is 3.79. The zero-order valence-electron chi connectivity index (χ0n) is 15.6. The summed E-state index contributed by atoms with van der Waals surface area (Å²) in [7, 11) is -1.32. The van der Waals surface area contributed by atoms with Crippen LogP contribution >= 0.6 is 22.9 Å². The maximum Gasteiger partial charge on any atom is 0.264 e. The normalized spacial score (nSPS) is 11.6. The Kier molecular flexibility index (Phi) is 6.66. The quantitative estimate of drug-likeness (QED) is 0.551. The summed E-state index contributed by atoms with van der Waals surface area (Å²) in [6.07, 6.45) is 2.33. The van der Waals surface area contributed by atoms with Gasteiger partial charge in [-0.15, -0.1) is 11.3 Å². The van der Waals surface area contributed by atoms with Crippen molar-refractivity contribution in [1.82, 2.24) is 9.45 Å². The van der Waals surface area contributed by atoms with Crippen molar-refractivity contribution < 1.29 is 18.0 Å². The maximum absolute atomic E-state index is 12.5. The number of hydroxylamine groups is 1. The monoisotopic (exact) mass is 451 g/mol. The summed E-state index contributed by atoms with van der Waals surface area (Å²) in [5.74, 6) is -0.453. The largest absolute Gasteiger partial charge is 0.298 e. The fourth-order valence-corrected chi connectivity index (χ4v) is 4.58. The molecule has 0 saturated heterocycles. The molecule has 3 aromatic rings. The van der Waals surface area contributed by atoms with Crippen LogP contribution in [-0.2, 0) is 21.3 Å². The molecule has 1 aromatic heterocycles. The van der Waals surface area contributed by atoms with Gasteiger partial charge in [0.1, 0.15) is 0 Å². The minimum Gasteiger partial charge on any atom is -0.298 e. The van der Waals surface area contributed by atoms with Crippen LogP contribution in [0.25, 0.3) is 0 Å². The highest BCUT2D eigenvalue weighted by Crippen LogP contribution is 2.23. The highest BCUT2D eigenvalue weighted by molar-refractivity contribution is 7.89. The van der Waals surface area contributed by atoms with E-state index < -0.39 is 15.9 Å². The fourth-order valence-electron chi connectivity index (χ4n) is 2.51. The summed E-state index contributed by atoms with van der Waals surface area (Å²) < 4.78 is 25.4. The number of benzene rings is 2. The van der Waals surface area contributed by atoms with Gasteiger partial charge in [-0.3, -0.25) is 14.9 Å². The predicted molar refractivity (Wildman–Crippen MR) is 113 cm³/mol. The van der Waals surface area contributed by atoms with Gasteiger partial charge in [0.05, 0.1) is 12.0 Å². The van der Waals surface area contributed by atoms with E-state index >= 15 is 0 Å². The first-order valence-corrected chi connectivity index (χ1v) is 11.1. The van der Waals surface area contributed by atoms with Gasteiger partial charge in [-0.2, -0.15) is 0 Å². The number of nitrogens with one attached hydrogen (secondary N) is 1. The number of carbonyl (C=O) groups excluding carboxylic acids is 1. The molecular formula is C19H18ClN3O4S2. The smallest absolute Gasteiger partial charge is 0.264 e. The lowest BCUT2D eigenvalue weighted by molar-refractivity contribution is -0.0258. The van der Waals surface area contributed by atoms with Crippen molar-refractivity contribution in [3.05, 3.63) is 75.8 Å². The molecule has 0 radical (unpaired) electrons. The van der Waals surface area contributed by atoms with E-state index in [2.05, 4.69) is 10.3 Å². The summed E-state index contributed by atoms with van der Waals surface area (Å²) in [6, 6.07) is 13.2. The Hall–Kier alpha value is -2.30. The molecule has 0 fully saturated rings. The highest BCUT2D eigenvalue weighted by Gasteiger charge is 2.22. The van der Waals surface area contributed by atoms with Crippen LogP contribution in [0.2, 0.25) is 5.02 Å². The molecule has 0 aliphatic rings. The van der Waals surface area contributed by atoms with Crippen LogP contribution in [0, 0.1) is 0 Å². The van der Waals surface area contributed by atoms with Crippen LogP contribution < -0.4 is 5.32 Å². The van der Waals surface area contributed by atoms with Crippen LogP contribution in [0.4, 0.5) is 5.13 Å². The molecule has 1 amide bonds. The van der Waals surface area contributed by atoms with Crippen LogP contribution in [-0.4, -0.2) is 37.9 Å². The van der Waals surface area contributed by atoms with E-state index in [4.69, 9.17) is 16.4 Å². The molecule has 3 rings (SSSR count). The zero-order valence-corrected chi connectivity index (χ0v) is 18.0. The first kappa shape index (κ1) is 21.4. The fraction of sp³-hybridized carbons (Fsp3) is 0.158. The Labute approximate surface area is 177 Å². The number of thiazole rings is 1. The number of aromatic nitrogens is 1. The average Bonchev–Trinajstić information content (AvgIpc) is 3.14. The van der Waals surface area contributed by atoms with E-state index in [9.17, 15) is 13.2 Å². The molecule has 0 saturated carbocycles. The Balaban J connectivity index is 1.73. The van der Waals surface area contributed by atoms with Crippen molar-refractivity contribution in [1.29, 1.82) is 0 Å². The molecule has 0 aliphatic heterocycles. The highest BCUT2D eigenvalue weighted by atomic mass is 35.5. The number of halogens is 1. The van der Waals surface area contributed by atoms with Gasteiger partial charge in [0.15, 0.2) is 5.13 Å². The van der Waals surface area contributed by atoms with E-state index in [1.54, 1.807) is 6.20 Å². The molecule has 1 N–H and O–H groups in total. The number of hydrogen-bond acceptors (Lipinski definition) is 6. The molecule has 0 unspecified atom stereocenters. The Morgan fingerprint density at radius 1 is 1.24 bits per heavy atom. The standard InChI is InChI=1S/C19H18ClN3O4S2/c1-23(27-2)29(25,26)17-8-4-6-14(11-17)18(24)22-19-21-12-16(28-19)10-13-5-3-7-15(20)9-13/h3-9,11-12H,10H2,1-2H3,(H,21,22,24). The lowest BCUT2D eigenvalue weighted by Gasteiger charge is -2.14. The molecule has 2 aromatic carbocycles. The number of anilines is 1. The molecule has 0 atom stereocenters. The van der Waals surface area contributed by atoms with E-state index in [1.165, 1.54) is 49.8 Å². The van der Waals surface area contributed by atoms with Crippen LogP contribution in [0.15, 0.2) is 59.6 Å². The second-order valence-electron chi connectivity index (χ2n) is 6.02. The summed E-state index contributed by atoms with van der Waals surface area (Å²) in [5.41, 5.74) is 1.24. The number of amides is 1. The van der Waals surface area contributed by atoms with Gasteiger partial charge in [0, 0.05) is 35.1 Å². The number of rotatable bonds is 7. The Morgan fingerprint density at radius 2 is 2.00 bits per heavy atom. The van der Waals surface area contributed by atoms with Crippen molar-refractivity contribution in [2.75, 3.05) is 19.5 Å². The third-order valence-electron chi connectivity index (χ3n) is 4.03. The minimum atomic E-state index is -3.84. The third-order valence-corrected chi connectivity index (χ3v) is 6.85. The molecule has 0 bridgehead atoms. The van der Waals surface area contributed by atoms with Gasteiger partial charge >= 0.3 is 0 Å². The second kappa shape index (κ2) is 9.02. The van der Waals surface area contributed by atoms with Crippen molar-refractivity contribution in [3.8, 4) is 0 Å². The van der Waals surface area contributed by atoms with E-state index in [0.29, 0.717) is 16.6 Å². The number of sulfonamides is 1. The van der Waals surface area contributed by atoms with Crippen LogP contribution in [0.1, 0.15) is 20.8 Å². The van der Waals surface area contributed by atoms with Crippen molar-refractivity contribution in [2.24, 2.45) is 0 Å².